The fourth-order valence-electron chi connectivity index (χ4n) is 1.41. The number of aromatic nitrogens is 5. The highest BCUT2D eigenvalue weighted by Gasteiger charge is 2.12. The van der Waals surface area contributed by atoms with Gasteiger partial charge in [-0.1, -0.05) is 11.3 Å². The molecule has 1 N–H and O–H groups in total. The molecule has 3 rings (SSSR count). The maximum Gasteiger partial charge on any atom is 0.282 e. The fraction of sp³-hybridized carbons (Fsp3) is 0.100. The predicted molar refractivity (Wildman–Crippen MR) is 64.1 cm³/mol. The first-order valence-electron chi connectivity index (χ1n) is 5.17. The largest absolute Gasteiger partial charge is 0.346 e. The van der Waals surface area contributed by atoms with Gasteiger partial charge >= 0.3 is 0 Å². The number of nitrogens with zero attached hydrogens (tertiary/aromatic N) is 5. The van der Waals surface area contributed by atoms with Gasteiger partial charge in [0, 0.05) is 18.9 Å². The number of fused-ring (bicyclic) bond motifs is 1. The fourth-order valence-corrected chi connectivity index (χ4v) is 2.15. The van der Waals surface area contributed by atoms with Crippen LogP contribution in [0.2, 0.25) is 0 Å². The van der Waals surface area contributed by atoms with Crippen molar-refractivity contribution >= 4 is 22.2 Å². The molecule has 0 unspecified atom stereocenters. The molecule has 0 aliphatic carbocycles. The Balaban J connectivity index is 1.70. The van der Waals surface area contributed by atoms with Gasteiger partial charge in [0.25, 0.3) is 5.91 Å². The second-order valence-corrected chi connectivity index (χ2v) is 4.46. The van der Waals surface area contributed by atoms with E-state index in [1.807, 2.05) is 12.1 Å². The van der Waals surface area contributed by atoms with E-state index in [-0.39, 0.29) is 5.91 Å². The van der Waals surface area contributed by atoms with Crippen molar-refractivity contribution in [2.24, 2.45) is 0 Å². The smallest absolute Gasteiger partial charge is 0.282 e. The van der Waals surface area contributed by atoms with Crippen molar-refractivity contribution < 1.29 is 4.79 Å². The van der Waals surface area contributed by atoms with E-state index in [2.05, 4.69) is 25.6 Å². The number of amides is 1. The lowest BCUT2D eigenvalue weighted by Crippen LogP contribution is -2.22. The Bertz CT molecular complexity index is 647. The van der Waals surface area contributed by atoms with Crippen molar-refractivity contribution in [2.75, 3.05) is 0 Å². The van der Waals surface area contributed by atoms with Gasteiger partial charge < -0.3 is 5.32 Å². The summed E-state index contributed by atoms with van der Waals surface area (Å²) in [6.07, 6.45) is 4.83. The van der Waals surface area contributed by atoms with Crippen LogP contribution in [0.1, 0.15) is 15.4 Å². The highest BCUT2D eigenvalue weighted by atomic mass is 32.1. The molecule has 8 heteroatoms. The van der Waals surface area contributed by atoms with Gasteiger partial charge in [0.15, 0.2) is 0 Å². The Labute approximate surface area is 106 Å². The number of carbonyl (C=O) groups is 1. The summed E-state index contributed by atoms with van der Waals surface area (Å²) in [5, 5.41) is 14.7. The van der Waals surface area contributed by atoms with Crippen LogP contribution >= 0.6 is 11.3 Å². The molecule has 0 aliphatic rings. The molecule has 3 aromatic rings. The number of hydrogen-bond acceptors (Lipinski definition) is 6. The molecule has 0 aliphatic heterocycles. The van der Waals surface area contributed by atoms with Gasteiger partial charge in [-0.05, 0) is 17.7 Å². The van der Waals surface area contributed by atoms with Crippen LogP contribution in [0.3, 0.4) is 0 Å². The first-order valence-corrected chi connectivity index (χ1v) is 5.98. The van der Waals surface area contributed by atoms with Crippen LogP contribution in [-0.2, 0) is 6.54 Å². The van der Waals surface area contributed by atoms with Crippen LogP contribution in [0.4, 0.5) is 0 Å². The summed E-state index contributed by atoms with van der Waals surface area (Å²) >= 11 is 1.20. The van der Waals surface area contributed by atoms with Gasteiger partial charge in [-0.3, -0.25) is 9.78 Å². The highest BCUT2D eigenvalue weighted by Crippen LogP contribution is 2.11. The molecule has 0 radical (unpaired) electrons. The molecule has 18 heavy (non-hydrogen) atoms. The van der Waals surface area contributed by atoms with E-state index >= 15 is 0 Å². The Morgan fingerprint density at radius 2 is 2.22 bits per heavy atom. The van der Waals surface area contributed by atoms with Crippen LogP contribution in [-0.4, -0.2) is 30.7 Å². The molecule has 0 spiro atoms. The molecule has 1 amide bonds. The van der Waals surface area contributed by atoms with Crippen molar-refractivity contribution in [1.29, 1.82) is 0 Å². The van der Waals surface area contributed by atoms with Gasteiger partial charge in [0.1, 0.15) is 6.33 Å². The first kappa shape index (κ1) is 10.8. The zero-order valence-electron chi connectivity index (χ0n) is 9.15. The van der Waals surface area contributed by atoms with Crippen molar-refractivity contribution in [1.82, 2.24) is 30.1 Å². The summed E-state index contributed by atoms with van der Waals surface area (Å²) < 4.78 is 1.48. The lowest BCUT2D eigenvalue weighted by molar-refractivity contribution is 0.0949. The topological polar surface area (TPSA) is 85.1 Å². The van der Waals surface area contributed by atoms with Gasteiger partial charge in [0.05, 0.1) is 0 Å². The van der Waals surface area contributed by atoms with E-state index in [0.29, 0.717) is 16.5 Å². The standard InChI is InChI=1S/C10H8N6OS/c17-8(12-5-7-1-3-11-4-2-7)9-15-16-6-13-14-10(16)18-9/h1-4,6H,5H2,(H,12,17). The second kappa shape index (κ2) is 4.49. The van der Waals surface area contributed by atoms with E-state index in [9.17, 15) is 4.79 Å². The van der Waals surface area contributed by atoms with Crippen molar-refractivity contribution in [3.05, 3.63) is 41.4 Å². The summed E-state index contributed by atoms with van der Waals surface area (Å²) in [6.45, 7) is 0.446. The summed E-state index contributed by atoms with van der Waals surface area (Å²) in [5.41, 5.74) is 0.987. The molecule has 3 aromatic heterocycles. The van der Waals surface area contributed by atoms with Crippen molar-refractivity contribution in [3.8, 4) is 0 Å². The number of hydrogen-bond donors (Lipinski definition) is 1. The third-order valence-corrected chi connectivity index (χ3v) is 3.20. The Kier molecular flexibility index (Phi) is 2.69. The van der Waals surface area contributed by atoms with E-state index < -0.39 is 0 Å². The van der Waals surface area contributed by atoms with Gasteiger partial charge in [-0.15, -0.1) is 15.3 Å². The SMILES string of the molecule is O=C(NCc1ccncc1)c1nn2cnnc2s1. The maximum atomic E-state index is 11.8. The molecule has 0 aromatic carbocycles. The van der Waals surface area contributed by atoms with Crippen LogP contribution in [0.25, 0.3) is 4.96 Å². The zero-order valence-corrected chi connectivity index (χ0v) is 9.96. The third-order valence-electron chi connectivity index (χ3n) is 2.28. The Morgan fingerprint density at radius 3 is 3.00 bits per heavy atom. The maximum absolute atomic E-state index is 11.8. The Morgan fingerprint density at radius 1 is 1.39 bits per heavy atom. The van der Waals surface area contributed by atoms with Gasteiger partial charge in [-0.2, -0.15) is 4.52 Å². The van der Waals surface area contributed by atoms with Crippen LogP contribution in [0.15, 0.2) is 30.9 Å². The summed E-state index contributed by atoms with van der Waals surface area (Å²) in [7, 11) is 0. The molecular formula is C10H8N6OS. The van der Waals surface area contributed by atoms with Crippen molar-refractivity contribution in [3.63, 3.8) is 0 Å². The van der Waals surface area contributed by atoms with E-state index in [1.165, 1.54) is 22.2 Å². The van der Waals surface area contributed by atoms with Crippen LogP contribution in [0, 0.1) is 0 Å². The Hall–Kier alpha value is -2.35. The molecule has 0 bridgehead atoms. The molecule has 90 valence electrons. The van der Waals surface area contributed by atoms with Gasteiger partial charge in [0.2, 0.25) is 9.97 Å². The molecule has 0 fully saturated rings. The minimum absolute atomic E-state index is 0.220. The molecular weight excluding hydrogens is 252 g/mol. The third kappa shape index (κ3) is 2.05. The highest BCUT2D eigenvalue weighted by molar-refractivity contribution is 7.18. The lowest BCUT2D eigenvalue weighted by atomic mass is 10.3. The molecule has 0 saturated heterocycles. The second-order valence-electron chi connectivity index (χ2n) is 3.50. The quantitative estimate of drug-likeness (QED) is 0.741. The lowest BCUT2D eigenvalue weighted by Gasteiger charge is -2.01. The monoisotopic (exact) mass is 260 g/mol. The van der Waals surface area contributed by atoms with Gasteiger partial charge in [-0.25, -0.2) is 0 Å². The molecule has 7 nitrogen and oxygen atoms in total. The van der Waals surface area contributed by atoms with E-state index in [1.54, 1.807) is 12.4 Å². The average molecular weight is 260 g/mol. The number of nitrogens with one attached hydrogen (secondary N) is 1. The van der Waals surface area contributed by atoms with Crippen LogP contribution < -0.4 is 5.32 Å². The summed E-state index contributed by atoms with van der Waals surface area (Å²) in [6, 6.07) is 3.69. The summed E-state index contributed by atoms with van der Waals surface area (Å²) in [5.74, 6) is -0.220. The van der Waals surface area contributed by atoms with E-state index in [4.69, 9.17) is 0 Å². The van der Waals surface area contributed by atoms with E-state index in [0.717, 1.165) is 5.56 Å². The minimum Gasteiger partial charge on any atom is -0.346 e. The summed E-state index contributed by atoms with van der Waals surface area (Å²) in [4.78, 5) is 16.4. The first-order chi connectivity index (χ1) is 8.83. The molecule has 3 heterocycles. The van der Waals surface area contributed by atoms with Crippen LogP contribution in [0.5, 0.6) is 0 Å². The zero-order chi connectivity index (χ0) is 12.4. The van der Waals surface area contributed by atoms with Crippen molar-refractivity contribution in [2.45, 2.75) is 6.54 Å². The minimum atomic E-state index is -0.220. The molecule has 0 atom stereocenters. The number of carbonyl (C=O) groups excluding carboxylic acids is 1. The number of rotatable bonds is 3. The molecule has 0 saturated carbocycles. The average Bonchev–Trinajstić information content (AvgIpc) is 2.98. The predicted octanol–water partition coefficient (Wildman–Crippen LogP) is 0.511. The normalized spacial score (nSPS) is 10.7. The number of pyridine rings is 1.